The Morgan fingerprint density at radius 2 is 1.86 bits per heavy atom. The lowest BCUT2D eigenvalue weighted by Gasteiger charge is -2.52. The molecule has 0 amide bonds. The van der Waals surface area contributed by atoms with Gasteiger partial charge in [-0.25, -0.2) is 0 Å². The second-order valence-corrected chi connectivity index (χ2v) is 6.53. The Kier molecular flexibility index (Phi) is 2.62. The van der Waals surface area contributed by atoms with E-state index in [0.29, 0.717) is 18.4 Å². The first-order valence-electron chi connectivity index (χ1n) is 7.77. The van der Waals surface area contributed by atoms with Crippen molar-refractivity contribution in [3.8, 4) is 0 Å². The van der Waals surface area contributed by atoms with Gasteiger partial charge < -0.3 is 4.90 Å². The minimum atomic E-state index is -0.275. The van der Waals surface area contributed by atoms with Crippen molar-refractivity contribution in [2.45, 2.75) is 44.6 Å². The van der Waals surface area contributed by atoms with E-state index in [1.54, 1.807) is 0 Å². The van der Waals surface area contributed by atoms with E-state index in [1.807, 2.05) is 6.07 Å². The molecule has 21 heavy (non-hydrogen) atoms. The molecule has 0 bridgehead atoms. The third-order valence-electron chi connectivity index (χ3n) is 5.29. The van der Waals surface area contributed by atoms with E-state index in [9.17, 15) is 9.59 Å². The molecular weight excluding hydrogens is 262 g/mol. The molecular formula is C18H19NO2. The first-order valence-corrected chi connectivity index (χ1v) is 7.77. The molecule has 0 unspecified atom stereocenters. The quantitative estimate of drug-likeness (QED) is 0.686. The highest BCUT2D eigenvalue weighted by Crippen LogP contribution is 2.47. The summed E-state index contributed by atoms with van der Waals surface area (Å²) in [6.07, 6.45) is 3.69. The van der Waals surface area contributed by atoms with Crippen LogP contribution in [0.5, 0.6) is 0 Å². The zero-order valence-electron chi connectivity index (χ0n) is 12.3. The van der Waals surface area contributed by atoms with Crippen LogP contribution in [0.1, 0.15) is 43.7 Å². The fraction of sp³-hybridized carbons (Fsp3) is 0.444. The van der Waals surface area contributed by atoms with E-state index < -0.39 is 0 Å². The predicted molar refractivity (Wildman–Crippen MR) is 79.7 cm³/mol. The molecule has 3 nitrogen and oxygen atoms in total. The van der Waals surface area contributed by atoms with Crippen molar-refractivity contribution in [2.75, 3.05) is 6.54 Å². The van der Waals surface area contributed by atoms with Gasteiger partial charge in [0.25, 0.3) is 0 Å². The molecule has 1 atom stereocenters. The first-order chi connectivity index (χ1) is 10.1. The summed E-state index contributed by atoms with van der Waals surface area (Å²) in [6, 6.07) is 8.43. The first kappa shape index (κ1) is 12.8. The lowest BCUT2D eigenvalue weighted by atomic mass is 9.72. The Morgan fingerprint density at radius 1 is 1.05 bits per heavy atom. The molecule has 2 aliphatic heterocycles. The SMILES string of the molecule is C[C@@]12CC(=O)C3=C(CCCC3=O)N1CCc1ccccc12. The second kappa shape index (κ2) is 4.30. The van der Waals surface area contributed by atoms with Crippen LogP contribution in [0.2, 0.25) is 0 Å². The summed E-state index contributed by atoms with van der Waals surface area (Å²) in [7, 11) is 0. The fourth-order valence-electron chi connectivity index (χ4n) is 4.33. The number of Topliss-reactive ketones (excluding diaryl/α,β-unsaturated/α-hetero) is 2. The van der Waals surface area contributed by atoms with Crippen LogP contribution in [0.3, 0.4) is 0 Å². The third kappa shape index (κ3) is 1.66. The largest absolute Gasteiger partial charge is 0.364 e. The summed E-state index contributed by atoms with van der Waals surface area (Å²) in [5.41, 5.74) is 3.85. The minimum Gasteiger partial charge on any atom is -0.364 e. The van der Waals surface area contributed by atoms with Crippen molar-refractivity contribution >= 4 is 11.6 Å². The monoisotopic (exact) mass is 281 g/mol. The Morgan fingerprint density at radius 3 is 2.71 bits per heavy atom. The number of benzene rings is 1. The highest BCUT2D eigenvalue weighted by atomic mass is 16.1. The summed E-state index contributed by atoms with van der Waals surface area (Å²) in [4.78, 5) is 27.1. The van der Waals surface area contributed by atoms with Crippen LogP contribution in [0, 0.1) is 0 Å². The van der Waals surface area contributed by atoms with Crippen molar-refractivity contribution in [3.05, 3.63) is 46.7 Å². The molecule has 2 heterocycles. The van der Waals surface area contributed by atoms with Crippen LogP contribution in [-0.2, 0) is 21.5 Å². The van der Waals surface area contributed by atoms with Crippen LogP contribution in [0.25, 0.3) is 0 Å². The molecule has 108 valence electrons. The molecule has 0 N–H and O–H groups in total. The van der Waals surface area contributed by atoms with Gasteiger partial charge in [0.15, 0.2) is 11.6 Å². The topological polar surface area (TPSA) is 37.4 Å². The number of hydrogen-bond acceptors (Lipinski definition) is 3. The van der Waals surface area contributed by atoms with Gasteiger partial charge in [-0.2, -0.15) is 0 Å². The van der Waals surface area contributed by atoms with Gasteiger partial charge in [0.2, 0.25) is 0 Å². The molecule has 1 aromatic rings. The van der Waals surface area contributed by atoms with Crippen LogP contribution in [0.15, 0.2) is 35.5 Å². The summed E-state index contributed by atoms with van der Waals surface area (Å²) < 4.78 is 0. The third-order valence-corrected chi connectivity index (χ3v) is 5.29. The summed E-state index contributed by atoms with van der Waals surface area (Å²) in [6.45, 7) is 3.07. The zero-order valence-corrected chi connectivity index (χ0v) is 12.3. The molecule has 1 aromatic carbocycles. The van der Waals surface area contributed by atoms with Crippen molar-refractivity contribution < 1.29 is 9.59 Å². The van der Waals surface area contributed by atoms with Gasteiger partial charge in [0.05, 0.1) is 11.1 Å². The van der Waals surface area contributed by atoms with Gasteiger partial charge in [-0.15, -0.1) is 0 Å². The standard InChI is InChI=1S/C18H19NO2/c1-18-11-16(21)17-14(7-4-8-15(17)20)19(18)10-9-12-5-2-3-6-13(12)18/h2-3,5-6H,4,7-11H2,1H3/t18-/m0/s1. The molecule has 0 saturated carbocycles. The van der Waals surface area contributed by atoms with Crippen molar-refractivity contribution in [2.24, 2.45) is 0 Å². The van der Waals surface area contributed by atoms with Crippen LogP contribution in [0.4, 0.5) is 0 Å². The van der Waals surface area contributed by atoms with Crippen LogP contribution >= 0.6 is 0 Å². The lowest BCUT2D eigenvalue weighted by molar-refractivity contribution is -0.125. The number of carbonyl (C=O) groups is 2. The number of nitrogens with zero attached hydrogens (tertiary/aromatic N) is 1. The normalized spacial score (nSPS) is 28.1. The van der Waals surface area contributed by atoms with Gasteiger partial charge in [-0.3, -0.25) is 9.59 Å². The van der Waals surface area contributed by atoms with Gasteiger partial charge >= 0.3 is 0 Å². The maximum atomic E-state index is 12.6. The van der Waals surface area contributed by atoms with Crippen LogP contribution < -0.4 is 0 Å². The molecule has 0 fully saturated rings. The average molecular weight is 281 g/mol. The predicted octanol–water partition coefficient (Wildman–Crippen LogP) is 2.74. The van der Waals surface area contributed by atoms with Gasteiger partial charge in [0, 0.05) is 25.1 Å². The zero-order chi connectivity index (χ0) is 14.6. The van der Waals surface area contributed by atoms with Crippen molar-refractivity contribution in [3.63, 3.8) is 0 Å². The van der Waals surface area contributed by atoms with E-state index in [0.717, 1.165) is 31.5 Å². The van der Waals surface area contributed by atoms with E-state index >= 15 is 0 Å². The fourth-order valence-corrected chi connectivity index (χ4v) is 4.33. The molecule has 0 spiro atoms. The number of hydrogen-bond donors (Lipinski definition) is 0. The summed E-state index contributed by atoms with van der Waals surface area (Å²) >= 11 is 0. The number of allylic oxidation sites excluding steroid dienone is 2. The van der Waals surface area contributed by atoms with E-state index in [4.69, 9.17) is 0 Å². The number of rotatable bonds is 0. The average Bonchev–Trinajstić information content (AvgIpc) is 2.47. The van der Waals surface area contributed by atoms with Crippen LogP contribution in [-0.4, -0.2) is 23.0 Å². The highest BCUT2D eigenvalue weighted by molar-refractivity contribution is 6.21. The number of fused-ring (bicyclic) bond motifs is 4. The molecule has 3 aliphatic rings. The van der Waals surface area contributed by atoms with Gasteiger partial charge in [0.1, 0.15) is 0 Å². The Balaban J connectivity index is 1.90. The Bertz CT molecular complexity index is 688. The van der Waals surface area contributed by atoms with Crippen molar-refractivity contribution in [1.29, 1.82) is 0 Å². The molecule has 3 heteroatoms. The van der Waals surface area contributed by atoms with E-state index in [-0.39, 0.29) is 17.1 Å². The summed E-state index contributed by atoms with van der Waals surface area (Å²) in [5.74, 6) is 0.104. The Hall–Kier alpha value is -1.90. The molecule has 0 radical (unpaired) electrons. The lowest BCUT2D eigenvalue weighted by Crippen LogP contribution is -2.53. The van der Waals surface area contributed by atoms with Gasteiger partial charge in [-0.05, 0) is 37.3 Å². The van der Waals surface area contributed by atoms with Gasteiger partial charge in [-0.1, -0.05) is 24.3 Å². The highest BCUT2D eigenvalue weighted by Gasteiger charge is 2.47. The second-order valence-electron chi connectivity index (χ2n) is 6.53. The maximum absolute atomic E-state index is 12.6. The summed E-state index contributed by atoms with van der Waals surface area (Å²) in [5, 5.41) is 0. The molecule has 0 saturated heterocycles. The molecule has 0 aromatic heterocycles. The van der Waals surface area contributed by atoms with Crippen molar-refractivity contribution in [1.82, 2.24) is 4.90 Å². The Labute approximate surface area is 124 Å². The maximum Gasteiger partial charge on any atom is 0.170 e. The van der Waals surface area contributed by atoms with E-state index in [2.05, 4.69) is 30.0 Å². The number of carbonyl (C=O) groups excluding carboxylic acids is 2. The number of ketones is 2. The molecule has 1 aliphatic carbocycles. The smallest absolute Gasteiger partial charge is 0.170 e. The van der Waals surface area contributed by atoms with E-state index in [1.165, 1.54) is 11.1 Å². The molecule has 4 rings (SSSR count). The minimum absolute atomic E-state index is 0.0464.